The Bertz CT molecular complexity index is 139. The van der Waals surface area contributed by atoms with E-state index in [1.807, 2.05) is 0 Å². The number of unbranched alkanes of at least 4 members (excludes halogenated alkanes) is 1. The van der Waals surface area contributed by atoms with Gasteiger partial charge in [0.25, 0.3) is 0 Å². The zero-order valence-corrected chi connectivity index (χ0v) is 10.6. The summed E-state index contributed by atoms with van der Waals surface area (Å²) in [5.74, 6) is 0.979. The molecule has 1 aliphatic carbocycles. The molecule has 0 aromatic carbocycles. The van der Waals surface area contributed by atoms with Crippen molar-refractivity contribution in [2.45, 2.75) is 44.9 Å². The van der Waals surface area contributed by atoms with E-state index in [4.69, 9.17) is 0 Å². The molecule has 2 heteroatoms. The molecule has 90 valence electrons. The quantitative estimate of drug-likeness (QED) is 0.652. The summed E-state index contributed by atoms with van der Waals surface area (Å²) in [5.41, 5.74) is 0. The van der Waals surface area contributed by atoms with Crippen LogP contribution in [0.25, 0.3) is 0 Å². The van der Waals surface area contributed by atoms with E-state index in [1.165, 1.54) is 64.6 Å². The molecule has 0 radical (unpaired) electrons. The van der Waals surface area contributed by atoms with Gasteiger partial charge in [0.1, 0.15) is 0 Å². The molecule has 0 aromatic heterocycles. The molecule has 1 saturated carbocycles. The normalized spacial score (nSPS) is 18.6. The standard InChI is InChI=1S/C13H28N2/c1-15(2)11-7-6-10-14-12-13-8-4-3-5-9-13/h13-14H,3-12H2,1-2H3. The Balaban J connectivity index is 1.83. The number of hydrogen-bond acceptors (Lipinski definition) is 2. The van der Waals surface area contributed by atoms with E-state index in [9.17, 15) is 0 Å². The first-order valence-corrected chi connectivity index (χ1v) is 6.64. The monoisotopic (exact) mass is 212 g/mol. The predicted molar refractivity (Wildman–Crippen MR) is 67.2 cm³/mol. The summed E-state index contributed by atoms with van der Waals surface area (Å²) in [6.07, 6.45) is 9.98. The number of rotatable bonds is 7. The number of nitrogens with zero attached hydrogens (tertiary/aromatic N) is 1. The SMILES string of the molecule is CN(C)CCCCNCC1CCCCC1. The summed E-state index contributed by atoms with van der Waals surface area (Å²) < 4.78 is 0. The van der Waals surface area contributed by atoms with Crippen molar-refractivity contribution in [3.05, 3.63) is 0 Å². The van der Waals surface area contributed by atoms with Crippen LogP contribution in [0.15, 0.2) is 0 Å². The molecule has 0 aliphatic heterocycles. The first-order chi connectivity index (χ1) is 7.29. The lowest BCUT2D eigenvalue weighted by molar-refractivity contribution is 0.338. The molecule has 0 heterocycles. The Morgan fingerprint density at radius 1 is 1.07 bits per heavy atom. The first-order valence-electron chi connectivity index (χ1n) is 6.64. The van der Waals surface area contributed by atoms with Crippen LogP contribution >= 0.6 is 0 Å². The minimum atomic E-state index is 0.979. The van der Waals surface area contributed by atoms with Crippen LogP contribution < -0.4 is 5.32 Å². The summed E-state index contributed by atoms with van der Waals surface area (Å²) in [5, 5.41) is 3.61. The second kappa shape index (κ2) is 8.12. The van der Waals surface area contributed by atoms with Gasteiger partial charge in [-0.15, -0.1) is 0 Å². The van der Waals surface area contributed by atoms with Crippen LogP contribution in [0, 0.1) is 5.92 Å². The third kappa shape index (κ3) is 6.91. The second-order valence-electron chi connectivity index (χ2n) is 5.22. The van der Waals surface area contributed by atoms with Crippen LogP contribution in [0.2, 0.25) is 0 Å². The third-order valence-corrected chi connectivity index (χ3v) is 3.37. The van der Waals surface area contributed by atoms with Crippen LogP contribution in [0.5, 0.6) is 0 Å². The largest absolute Gasteiger partial charge is 0.316 e. The van der Waals surface area contributed by atoms with Gasteiger partial charge in [0.05, 0.1) is 0 Å². The topological polar surface area (TPSA) is 15.3 Å². The van der Waals surface area contributed by atoms with E-state index in [0.717, 1.165) is 5.92 Å². The molecular weight excluding hydrogens is 184 g/mol. The van der Waals surface area contributed by atoms with Gasteiger partial charge in [-0.1, -0.05) is 19.3 Å². The smallest absolute Gasteiger partial charge is 0.00205 e. The summed E-state index contributed by atoms with van der Waals surface area (Å²) in [6, 6.07) is 0. The third-order valence-electron chi connectivity index (χ3n) is 3.37. The van der Waals surface area contributed by atoms with Gasteiger partial charge in [0, 0.05) is 0 Å². The van der Waals surface area contributed by atoms with Crippen molar-refractivity contribution in [1.29, 1.82) is 0 Å². The zero-order valence-electron chi connectivity index (χ0n) is 10.6. The molecular formula is C13H28N2. The fraction of sp³-hybridized carbons (Fsp3) is 1.00. The minimum Gasteiger partial charge on any atom is -0.316 e. The number of hydrogen-bond donors (Lipinski definition) is 1. The van der Waals surface area contributed by atoms with E-state index in [2.05, 4.69) is 24.3 Å². The van der Waals surface area contributed by atoms with Crippen molar-refractivity contribution in [1.82, 2.24) is 10.2 Å². The predicted octanol–water partition coefficient (Wildman–Crippen LogP) is 2.50. The van der Waals surface area contributed by atoms with Crippen LogP contribution in [-0.2, 0) is 0 Å². The fourth-order valence-electron chi connectivity index (χ4n) is 2.38. The molecule has 0 spiro atoms. The molecule has 0 unspecified atom stereocenters. The van der Waals surface area contributed by atoms with E-state index < -0.39 is 0 Å². The van der Waals surface area contributed by atoms with Gasteiger partial charge < -0.3 is 10.2 Å². The highest BCUT2D eigenvalue weighted by atomic mass is 15.0. The fourth-order valence-corrected chi connectivity index (χ4v) is 2.38. The highest BCUT2D eigenvalue weighted by Crippen LogP contribution is 2.22. The lowest BCUT2D eigenvalue weighted by Gasteiger charge is -2.21. The van der Waals surface area contributed by atoms with Crippen molar-refractivity contribution in [2.24, 2.45) is 5.92 Å². The molecule has 1 rings (SSSR count). The molecule has 2 nitrogen and oxygen atoms in total. The summed E-state index contributed by atoms with van der Waals surface area (Å²) in [7, 11) is 4.30. The molecule has 0 aromatic rings. The van der Waals surface area contributed by atoms with E-state index in [-0.39, 0.29) is 0 Å². The first kappa shape index (κ1) is 13.0. The highest BCUT2D eigenvalue weighted by Gasteiger charge is 2.11. The van der Waals surface area contributed by atoms with Gasteiger partial charge in [0.15, 0.2) is 0 Å². The lowest BCUT2D eigenvalue weighted by Crippen LogP contribution is -2.25. The molecule has 1 aliphatic rings. The summed E-state index contributed by atoms with van der Waals surface area (Å²) in [6.45, 7) is 3.71. The van der Waals surface area contributed by atoms with Gasteiger partial charge in [0.2, 0.25) is 0 Å². The highest BCUT2D eigenvalue weighted by molar-refractivity contribution is 4.67. The maximum Gasteiger partial charge on any atom is -0.00205 e. The van der Waals surface area contributed by atoms with Crippen molar-refractivity contribution >= 4 is 0 Å². The maximum atomic E-state index is 3.61. The summed E-state index contributed by atoms with van der Waals surface area (Å²) in [4.78, 5) is 2.27. The van der Waals surface area contributed by atoms with E-state index in [0.29, 0.717) is 0 Å². The lowest BCUT2D eigenvalue weighted by atomic mass is 9.89. The zero-order chi connectivity index (χ0) is 10.9. The molecule has 0 saturated heterocycles. The second-order valence-corrected chi connectivity index (χ2v) is 5.22. The van der Waals surface area contributed by atoms with Crippen molar-refractivity contribution < 1.29 is 0 Å². The van der Waals surface area contributed by atoms with Crippen LogP contribution in [0.4, 0.5) is 0 Å². The number of nitrogens with one attached hydrogen (secondary N) is 1. The average Bonchev–Trinajstić information content (AvgIpc) is 2.24. The Morgan fingerprint density at radius 2 is 1.80 bits per heavy atom. The molecule has 15 heavy (non-hydrogen) atoms. The van der Waals surface area contributed by atoms with E-state index >= 15 is 0 Å². The van der Waals surface area contributed by atoms with E-state index in [1.54, 1.807) is 0 Å². The molecule has 1 fully saturated rings. The van der Waals surface area contributed by atoms with Crippen LogP contribution in [0.3, 0.4) is 0 Å². The van der Waals surface area contributed by atoms with Gasteiger partial charge in [-0.3, -0.25) is 0 Å². The van der Waals surface area contributed by atoms with Crippen molar-refractivity contribution in [2.75, 3.05) is 33.7 Å². The molecule has 1 N–H and O–H groups in total. The molecule has 0 atom stereocenters. The molecule has 0 bridgehead atoms. The van der Waals surface area contributed by atoms with Gasteiger partial charge >= 0.3 is 0 Å². The Hall–Kier alpha value is -0.0800. The average molecular weight is 212 g/mol. The Labute approximate surface area is 95.4 Å². The summed E-state index contributed by atoms with van der Waals surface area (Å²) >= 11 is 0. The van der Waals surface area contributed by atoms with Crippen molar-refractivity contribution in [3.8, 4) is 0 Å². The molecule has 0 amide bonds. The van der Waals surface area contributed by atoms with Crippen LogP contribution in [-0.4, -0.2) is 38.6 Å². The van der Waals surface area contributed by atoms with Gasteiger partial charge in [-0.25, -0.2) is 0 Å². The van der Waals surface area contributed by atoms with Crippen molar-refractivity contribution in [3.63, 3.8) is 0 Å². The Morgan fingerprint density at radius 3 is 2.47 bits per heavy atom. The Kier molecular flexibility index (Phi) is 7.03. The minimum absolute atomic E-state index is 0.979. The van der Waals surface area contributed by atoms with Gasteiger partial charge in [-0.2, -0.15) is 0 Å². The maximum absolute atomic E-state index is 3.61. The van der Waals surface area contributed by atoms with Gasteiger partial charge in [-0.05, 0) is 65.3 Å². The van der Waals surface area contributed by atoms with Crippen LogP contribution in [0.1, 0.15) is 44.9 Å².